The standard InChI is InChI=1S/C16H24ClN3/c1-10-7-8-18-15-13(10)19-14(12(3)17)20(15)9-11(2)16(4,5)6/h7-8,11-12H,9H2,1-6H3. The van der Waals surface area contributed by atoms with Gasteiger partial charge in [0.1, 0.15) is 11.3 Å². The van der Waals surface area contributed by atoms with Crippen molar-refractivity contribution in [2.45, 2.75) is 53.5 Å². The van der Waals surface area contributed by atoms with Crippen molar-refractivity contribution in [1.82, 2.24) is 14.5 Å². The number of hydrogen-bond acceptors (Lipinski definition) is 2. The van der Waals surface area contributed by atoms with Gasteiger partial charge in [-0.05, 0) is 36.8 Å². The van der Waals surface area contributed by atoms with E-state index in [1.165, 1.54) is 0 Å². The number of halogens is 1. The fraction of sp³-hybridized carbons (Fsp3) is 0.625. The lowest BCUT2D eigenvalue weighted by atomic mass is 9.82. The van der Waals surface area contributed by atoms with Crippen molar-refractivity contribution in [2.75, 3.05) is 0 Å². The summed E-state index contributed by atoms with van der Waals surface area (Å²) < 4.78 is 2.19. The van der Waals surface area contributed by atoms with Gasteiger partial charge in [-0.2, -0.15) is 0 Å². The van der Waals surface area contributed by atoms with Crippen molar-refractivity contribution < 1.29 is 0 Å². The van der Waals surface area contributed by atoms with E-state index in [1.807, 2.05) is 19.2 Å². The summed E-state index contributed by atoms with van der Waals surface area (Å²) in [6, 6.07) is 2.00. The van der Waals surface area contributed by atoms with Crippen LogP contribution in [0.4, 0.5) is 0 Å². The molecule has 2 aromatic rings. The van der Waals surface area contributed by atoms with E-state index in [4.69, 9.17) is 16.6 Å². The average Bonchev–Trinajstić information content (AvgIpc) is 2.69. The molecule has 0 spiro atoms. The molecule has 2 aromatic heterocycles. The predicted octanol–water partition coefficient (Wildman–Crippen LogP) is 4.72. The van der Waals surface area contributed by atoms with Crippen molar-refractivity contribution in [2.24, 2.45) is 11.3 Å². The molecule has 0 aliphatic rings. The largest absolute Gasteiger partial charge is 0.311 e. The smallest absolute Gasteiger partial charge is 0.160 e. The van der Waals surface area contributed by atoms with Crippen LogP contribution in [0.25, 0.3) is 11.2 Å². The second kappa shape index (κ2) is 5.36. The fourth-order valence-electron chi connectivity index (χ4n) is 2.19. The molecule has 2 atom stereocenters. The fourth-order valence-corrected chi connectivity index (χ4v) is 2.35. The highest BCUT2D eigenvalue weighted by Gasteiger charge is 2.24. The molecule has 0 radical (unpaired) electrons. The minimum absolute atomic E-state index is 0.115. The Morgan fingerprint density at radius 1 is 1.30 bits per heavy atom. The molecule has 0 aromatic carbocycles. The number of imidazole rings is 1. The van der Waals surface area contributed by atoms with Crippen molar-refractivity contribution in [3.05, 3.63) is 23.7 Å². The first-order chi connectivity index (χ1) is 9.21. The first-order valence-electron chi connectivity index (χ1n) is 7.17. The summed E-state index contributed by atoms with van der Waals surface area (Å²) in [4.78, 5) is 9.24. The Labute approximate surface area is 126 Å². The molecule has 2 rings (SSSR count). The molecule has 0 aliphatic carbocycles. The van der Waals surface area contributed by atoms with E-state index in [2.05, 4.69) is 44.2 Å². The van der Waals surface area contributed by atoms with Crippen LogP contribution in [0.2, 0.25) is 0 Å². The minimum Gasteiger partial charge on any atom is -0.311 e. The SMILES string of the molecule is Cc1ccnc2c1nc(C(C)Cl)n2CC(C)C(C)(C)C. The third-order valence-electron chi connectivity index (χ3n) is 4.16. The first-order valence-corrected chi connectivity index (χ1v) is 7.61. The molecule has 110 valence electrons. The molecule has 4 heteroatoms. The lowest BCUT2D eigenvalue weighted by molar-refractivity contribution is 0.232. The Morgan fingerprint density at radius 2 is 1.95 bits per heavy atom. The van der Waals surface area contributed by atoms with E-state index in [1.54, 1.807) is 0 Å². The Bertz CT molecular complexity index is 608. The third kappa shape index (κ3) is 2.83. The second-order valence-electron chi connectivity index (χ2n) is 6.76. The Balaban J connectivity index is 2.55. The normalized spacial score (nSPS) is 15.6. The zero-order chi connectivity index (χ0) is 15.1. The van der Waals surface area contributed by atoms with E-state index < -0.39 is 0 Å². The number of aromatic nitrogens is 3. The molecule has 0 N–H and O–H groups in total. The Morgan fingerprint density at radius 3 is 2.50 bits per heavy atom. The first kappa shape index (κ1) is 15.3. The maximum atomic E-state index is 6.32. The summed E-state index contributed by atoms with van der Waals surface area (Å²) in [5, 5.41) is -0.115. The molecular formula is C16H24ClN3. The molecule has 0 bridgehead atoms. The summed E-state index contributed by atoms with van der Waals surface area (Å²) in [5.41, 5.74) is 3.31. The lowest BCUT2D eigenvalue weighted by Gasteiger charge is -2.28. The summed E-state index contributed by atoms with van der Waals surface area (Å²) >= 11 is 6.32. The average molecular weight is 294 g/mol. The molecule has 0 saturated heterocycles. The van der Waals surface area contributed by atoms with Gasteiger partial charge >= 0.3 is 0 Å². The van der Waals surface area contributed by atoms with Gasteiger partial charge in [-0.1, -0.05) is 27.7 Å². The van der Waals surface area contributed by atoms with Gasteiger partial charge < -0.3 is 4.57 Å². The number of alkyl halides is 1. The van der Waals surface area contributed by atoms with Crippen LogP contribution in [0.1, 0.15) is 51.4 Å². The topological polar surface area (TPSA) is 30.7 Å². The molecule has 0 aliphatic heterocycles. The van der Waals surface area contributed by atoms with Crippen molar-refractivity contribution >= 4 is 22.8 Å². The third-order valence-corrected chi connectivity index (χ3v) is 4.35. The summed E-state index contributed by atoms with van der Waals surface area (Å²) in [5.74, 6) is 1.43. The van der Waals surface area contributed by atoms with E-state index in [0.717, 1.165) is 29.1 Å². The van der Waals surface area contributed by atoms with Crippen LogP contribution in [0, 0.1) is 18.3 Å². The molecule has 0 amide bonds. The minimum atomic E-state index is -0.115. The molecule has 2 unspecified atom stereocenters. The Kier molecular flexibility index (Phi) is 4.10. The quantitative estimate of drug-likeness (QED) is 0.767. The molecule has 0 saturated carbocycles. The molecule has 0 fully saturated rings. The van der Waals surface area contributed by atoms with Crippen LogP contribution in [-0.4, -0.2) is 14.5 Å². The number of pyridine rings is 1. The highest BCUT2D eigenvalue weighted by molar-refractivity contribution is 6.20. The zero-order valence-corrected chi connectivity index (χ0v) is 14.0. The number of rotatable bonds is 3. The maximum absolute atomic E-state index is 6.32. The second-order valence-corrected chi connectivity index (χ2v) is 7.42. The van der Waals surface area contributed by atoms with Crippen LogP contribution in [-0.2, 0) is 6.54 Å². The van der Waals surface area contributed by atoms with Gasteiger partial charge in [-0.3, -0.25) is 0 Å². The van der Waals surface area contributed by atoms with Gasteiger partial charge in [0.15, 0.2) is 5.65 Å². The molecule has 20 heavy (non-hydrogen) atoms. The van der Waals surface area contributed by atoms with Crippen molar-refractivity contribution in [3.8, 4) is 0 Å². The Hall–Kier alpha value is -1.09. The van der Waals surface area contributed by atoms with Gasteiger partial charge in [0.05, 0.1) is 5.38 Å². The number of nitrogens with zero attached hydrogens (tertiary/aromatic N) is 3. The van der Waals surface area contributed by atoms with Gasteiger partial charge in [0.2, 0.25) is 0 Å². The highest BCUT2D eigenvalue weighted by Crippen LogP contribution is 2.31. The predicted molar refractivity (Wildman–Crippen MR) is 85.2 cm³/mol. The van der Waals surface area contributed by atoms with E-state index in [9.17, 15) is 0 Å². The molecule has 3 nitrogen and oxygen atoms in total. The van der Waals surface area contributed by atoms with Crippen LogP contribution in [0.3, 0.4) is 0 Å². The monoisotopic (exact) mass is 293 g/mol. The molecule has 2 heterocycles. The zero-order valence-electron chi connectivity index (χ0n) is 13.2. The van der Waals surface area contributed by atoms with Gasteiger partial charge in [0, 0.05) is 12.7 Å². The number of hydrogen-bond donors (Lipinski definition) is 0. The summed E-state index contributed by atoms with van der Waals surface area (Å²) in [7, 11) is 0. The van der Waals surface area contributed by atoms with Crippen molar-refractivity contribution in [3.63, 3.8) is 0 Å². The molecular weight excluding hydrogens is 270 g/mol. The van der Waals surface area contributed by atoms with Crippen LogP contribution in [0.15, 0.2) is 12.3 Å². The van der Waals surface area contributed by atoms with E-state index >= 15 is 0 Å². The number of fused-ring (bicyclic) bond motifs is 1. The summed E-state index contributed by atoms with van der Waals surface area (Å²) in [6.07, 6.45) is 1.85. The van der Waals surface area contributed by atoms with Gasteiger partial charge in [-0.25, -0.2) is 9.97 Å². The van der Waals surface area contributed by atoms with E-state index in [-0.39, 0.29) is 10.8 Å². The lowest BCUT2D eigenvalue weighted by Crippen LogP contribution is -2.23. The van der Waals surface area contributed by atoms with Gasteiger partial charge in [-0.15, -0.1) is 11.6 Å². The maximum Gasteiger partial charge on any atom is 0.160 e. The van der Waals surface area contributed by atoms with Gasteiger partial charge in [0.25, 0.3) is 0 Å². The highest BCUT2D eigenvalue weighted by atomic mass is 35.5. The van der Waals surface area contributed by atoms with Crippen LogP contribution >= 0.6 is 11.6 Å². The summed E-state index contributed by atoms with van der Waals surface area (Å²) in [6.45, 7) is 14.0. The van der Waals surface area contributed by atoms with Crippen LogP contribution in [0.5, 0.6) is 0 Å². The van der Waals surface area contributed by atoms with E-state index in [0.29, 0.717) is 5.92 Å². The van der Waals surface area contributed by atoms with Crippen molar-refractivity contribution in [1.29, 1.82) is 0 Å². The van der Waals surface area contributed by atoms with Crippen LogP contribution < -0.4 is 0 Å². The number of aryl methyl sites for hydroxylation is 1.